The topological polar surface area (TPSA) is 9.23 Å². The Kier molecular flexibility index (Phi) is 3.89. The fourth-order valence-corrected chi connectivity index (χ4v) is 5.44. The van der Waals surface area contributed by atoms with Crippen LogP contribution in [0, 0.1) is 0 Å². The number of hydrogen-bond acceptors (Lipinski definition) is 1. The van der Waals surface area contributed by atoms with Gasteiger partial charge in [0.1, 0.15) is 5.75 Å². The van der Waals surface area contributed by atoms with E-state index in [1.807, 2.05) is 0 Å². The lowest BCUT2D eigenvalue weighted by Crippen LogP contribution is -2.34. The Bertz CT molecular complexity index is 1510. The molecule has 1 aliphatic heterocycles. The number of rotatable bonds is 2. The summed E-state index contributed by atoms with van der Waals surface area (Å²) in [5.74, 6) is 0.960. The van der Waals surface area contributed by atoms with Gasteiger partial charge in [-0.1, -0.05) is 103 Å². The Morgan fingerprint density at radius 3 is 2.06 bits per heavy atom. The third-order valence-electron chi connectivity index (χ3n) is 7.08. The van der Waals surface area contributed by atoms with Crippen LogP contribution in [0.5, 0.6) is 5.75 Å². The van der Waals surface area contributed by atoms with Crippen LogP contribution in [0.4, 0.5) is 0 Å². The van der Waals surface area contributed by atoms with E-state index in [2.05, 4.69) is 121 Å². The molecule has 1 aliphatic carbocycles. The van der Waals surface area contributed by atoms with Crippen molar-refractivity contribution in [2.24, 2.45) is 0 Å². The number of fused-ring (bicyclic) bond motifs is 6. The first-order valence-corrected chi connectivity index (χ1v) is 11.5. The molecule has 0 aromatic heterocycles. The lowest BCUT2D eigenvalue weighted by atomic mass is 9.83. The quantitative estimate of drug-likeness (QED) is 0.277. The van der Waals surface area contributed by atoms with Gasteiger partial charge < -0.3 is 4.74 Å². The molecule has 0 saturated carbocycles. The second kappa shape index (κ2) is 6.95. The van der Waals surface area contributed by atoms with E-state index in [9.17, 15) is 0 Å². The molecule has 0 saturated heterocycles. The maximum absolute atomic E-state index is 7.06. The first-order chi connectivity index (χ1) is 16.3. The second-order valence-corrected chi connectivity index (χ2v) is 8.95. The van der Waals surface area contributed by atoms with E-state index >= 15 is 0 Å². The molecular weight excluding hydrogens is 400 g/mol. The van der Waals surface area contributed by atoms with Gasteiger partial charge in [-0.3, -0.25) is 0 Å². The summed E-state index contributed by atoms with van der Waals surface area (Å²) in [6.07, 6.45) is 5.40. The van der Waals surface area contributed by atoms with Crippen LogP contribution in [0.1, 0.15) is 27.8 Å². The van der Waals surface area contributed by atoms with Crippen molar-refractivity contribution in [3.63, 3.8) is 0 Å². The normalized spacial score (nSPS) is 14.9. The van der Waals surface area contributed by atoms with E-state index in [-0.39, 0.29) is 0 Å². The zero-order chi connectivity index (χ0) is 21.8. The van der Waals surface area contributed by atoms with Crippen molar-refractivity contribution in [1.29, 1.82) is 0 Å². The first kappa shape index (κ1) is 18.5. The van der Waals surface area contributed by atoms with Crippen LogP contribution in [0.15, 0.2) is 115 Å². The molecule has 0 N–H and O–H groups in total. The summed E-state index contributed by atoms with van der Waals surface area (Å²) in [6.45, 7) is 0. The van der Waals surface area contributed by atoms with Crippen LogP contribution in [0.2, 0.25) is 0 Å². The van der Waals surface area contributed by atoms with Crippen molar-refractivity contribution in [3.8, 4) is 16.9 Å². The van der Waals surface area contributed by atoms with Gasteiger partial charge in [0.25, 0.3) is 0 Å². The van der Waals surface area contributed by atoms with Gasteiger partial charge in [0.2, 0.25) is 0 Å². The summed E-state index contributed by atoms with van der Waals surface area (Å²) >= 11 is 0. The molecule has 0 fully saturated rings. The van der Waals surface area contributed by atoms with Crippen LogP contribution >= 0.6 is 0 Å². The molecule has 1 heterocycles. The fourth-order valence-electron chi connectivity index (χ4n) is 5.44. The van der Waals surface area contributed by atoms with Crippen molar-refractivity contribution in [2.45, 2.75) is 12.0 Å². The lowest BCUT2D eigenvalue weighted by Gasteiger charge is -2.36. The van der Waals surface area contributed by atoms with Crippen LogP contribution in [0.25, 0.3) is 28.0 Å². The Hall–Kier alpha value is -4.10. The molecule has 1 nitrogen and oxygen atoms in total. The summed E-state index contributed by atoms with van der Waals surface area (Å²) < 4.78 is 7.06. The lowest BCUT2D eigenvalue weighted by molar-refractivity contribution is 0.163. The number of benzene rings is 5. The Balaban J connectivity index is 1.45. The van der Waals surface area contributed by atoms with Gasteiger partial charge in [-0.05, 0) is 52.3 Å². The predicted molar refractivity (Wildman–Crippen MR) is 136 cm³/mol. The Morgan fingerprint density at radius 1 is 0.606 bits per heavy atom. The second-order valence-electron chi connectivity index (χ2n) is 8.95. The van der Waals surface area contributed by atoms with Crippen molar-refractivity contribution in [2.75, 3.05) is 0 Å². The zero-order valence-electron chi connectivity index (χ0n) is 18.2. The summed E-state index contributed by atoms with van der Waals surface area (Å²) in [4.78, 5) is 0. The van der Waals surface area contributed by atoms with Crippen LogP contribution in [-0.4, -0.2) is 0 Å². The minimum atomic E-state index is -0.661. The molecule has 0 unspecified atom stereocenters. The third-order valence-corrected chi connectivity index (χ3v) is 7.08. The Morgan fingerprint density at radius 2 is 1.30 bits per heavy atom. The first-order valence-electron chi connectivity index (χ1n) is 11.5. The van der Waals surface area contributed by atoms with Gasteiger partial charge in [-0.2, -0.15) is 0 Å². The largest absolute Gasteiger partial charge is 0.472 e. The number of hydrogen-bond donors (Lipinski definition) is 0. The fraction of sp³-hybridized carbons (Fsp3) is 0.0625. The molecule has 0 amide bonds. The van der Waals surface area contributed by atoms with Crippen molar-refractivity contribution in [3.05, 3.63) is 143 Å². The van der Waals surface area contributed by atoms with E-state index in [1.54, 1.807) is 0 Å². The molecule has 0 bridgehead atoms. The molecule has 0 spiro atoms. The minimum absolute atomic E-state index is 0.661. The predicted octanol–water partition coefficient (Wildman–Crippen LogP) is 7.76. The SMILES string of the molecule is C1=CC(c2ccccc2)(c2ccccc2)Oc2c1ccc1cc3c(cc21)Cc1ccccc1-3. The highest BCUT2D eigenvalue weighted by Gasteiger charge is 2.37. The molecule has 2 aliphatic rings. The molecule has 0 atom stereocenters. The third kappa shape index (κ3) is 2.72. The molecule has 1 heteroatoms. The monoisotopic (exact) mass is 422 g/mol. The molecule has 5 aromatic carbocycles. The molecule has 0 radical (unpaired) electrons. The van der Waals surface area contributed by atoms with Crippen molar-refractivity contribution >= 4 is 16.8 Å². The van der Waals surface area contributed by atoms with Crippen LogP contribution in [0.3, 0.4) is 0 Å². The highest BCUT2D eigenvalue weighted by atomic mass is 16.5. The average Bonchev–Trinajstić information content (AvgIpc) is 3.25. The van der Waals surface area contributed by atoms with Gasteiger partial charge in [-0.25, -0.2) is 0 Å². The highest BCUT2D eigenvalue weighted by molar-refractivity contribution is 5.98. The summed E-state index contributed by atoms with van der Waals surface area (Å²) in [5.41, 5.74) is 8.21. The highest BCUT2D eigenvalue weighted by Crippen LogP contribution is 2.47. The van der Waals surface area contributed by atoms with E-state index in [0.717, 1.165) is 28.9 Å². The molecular formula is C32H22O. The average molecular weight is 423 g/mol. The Labute approximate surface area is 193 Å². The summed E-state index contributed by atoms with van der Waals surface area (Å²) in [7, 11) is 0. The van der Waals surface area contributed by atoms with Gasteiger partial charge in [0, 0.05) is 22.1 Å². The van der Waals surface area contributed by atoms with E-state index in [0.29, 0.717) is 0 Å². The van der Waals surface area contributed by atoms with Gasteiger partial charge in [-0.15, -0.1) is 0 Å². The molecule has 33 heavy (non-hydrogen) atoms. The standard InChI is InChI=1S/C32H22O/c1-3-10-26(11-4-1)32(27-12-5-2-6-13-27)18-17-22-15-16-24-20-29-25(21-30(24)31(22)33-32)19-23-9-7-8-14-28(23)29/h1-18,20-21H,19H2. The van der Waals surface area contributed by atoms with Crippen LogP contribution < -0.4 is 4.74 Å². The van der Waals surface area contributed by atoms with E-state index in [4.69, 9.17) is 4.74 Å². The maximum atomic E-state index is 7.06. The number of ether oxygens (including phenoxy) is 1. The van der Waals surface area contributed by atoms with Gasteiger partial charge in [0.15, 0.2) is 5.60 Å². The van der Waals surface area contributed by atoms with Crippen molar-refractivity contribution in [1.82, 2.24) is 0 Å². The van der Waals surface area contributed by atoms with E-state index in [1.165, 1.54) is 33.0 Å². The summed E-state index contributed by atoms with van der Waals surface area (Å²) in [5, 5.41) is 2.40. The van der Waals surface area contributed by atoms with Gasteiger partial charge in [0.05, 0.1) is 0 Å². The maximum Gasteiger partial charge on any atom is 0.178 e. The van der Waals surface area contributed by atoms with Gasteiger partial charge >= 0.3 is 0 Å². The van der Waals surface area contributed by atoms with Crippen molar-refractivity contribution < 1.29 is 4.74 Å². The molecule has 156 valence electrons. The molecule has 5 aromatic rings. The van der Waals surface area contributed by atoms with Crippen LogP contribution in [-0.2, 0) is 12.0 Å². The smallest absolute Gasteiger partial charge is 0.178 e. The summed E-state index contributed by atoms with van der Waals surface area (Å²) in [6, 6.07) is 38.9. The minimum Gasteiger partial charge on any atom is -0.472 e. The van der Waals surface area contributed by atoms with E-state index < -0.39 is 5.60 Å². The zero-order valence-corrected chi connectivity index (χ0v) is 18.2. The molecule has 7 rings (SSSR count).